The average molecular weight is 341 g/mol. The van der Waals surface area contributed by atoms with Gasteiger partial charge < -0.3 is 4.90 Å². The molecule has 6 heteroatoms. The molecule has 122 valence electrons. The maximum absolute atomic E-state index is 12.9. The molecule has 0 N–H and O–H groups in total. The number of carbonyl (C=O) groups excluding carboxylic acids is 1. The fourth-order valence-electron chi connectivity index (χ4n) is 3.35. The Bertz CT molecular complexity index is 891. The van der Waals surface area contributed by atoms with E-state index in [1.807, 2.05) is 41.3 Å². The maximum Gasteiger partial charge on any atom is 0.255 e. The molecule has 0 aliphatic carbocycles. The zero-order valence-corrected chi connectivity index (χ0v) is 13.9. The van der Waals surface area contributed by atoms with Crippen LogP contribution in [0.1, 0.15) is 28.8 Å². The molecule has 24 heavy (non-hydrogen) atoms. The summed E-state index contributed by atoms with van der Waals surface area (Å²) in [5.74, 6) is 0.0557. The third-order valence-electron chi connectivity index (χ3n) is 4.59. The van der Waals surface area contributed by atoms with Crippen molar-refractivity contribution in [1.82, 2.24) is 19.5 Å². The van der Waals surface area contributed by atoms with Crippen LogP contribution in [0.15, 0.2) is 48.9 Å². The summed E-state index contributed by atoms with van der Waals surface area (Å²) in [7, 11) is 0. The van der Waals surface area contributed by atoms with Crippen molar-refractivity contribution in [2.45, 2.75) is 25.3 Å². The number of nitrogens with zero attached hydrogens (tertiary/aromatic N) is 4. The molecule has 0 saturated carbocycles. The van der Waals surface area contributed by atoms with Gasteiger partial charge in [0.25, 0.3) is 5.91 Å². The topological polar surface area (TPSA) is 50.5 Å². The number of benzene rings is 1. The number of pyridine rings is 1. The van der Waals surface area contributed by atoms with Gasteiger partial charge in [-0.05, 0) is 43.0 Å². The van der Waals surface area contributed by atoms with Gasteiger partial charge in [-0.2, -0.15) is 0 Å². The Kier molecular flexibility index (Phi) is 3.94. The summed E-state index contributed by atoms with van der Waals surface area (Å²) in [6.07, 6.45) is 6.22. The smallest absolute Gasteiger partial charge is 0.255 e. The van der Waals surface area contributed by atoms with E-state index in [0.717, 1.165) is 42.0 Å². The highest BCUT2D eigenvalue weighted by molar-refractivity contribution is 6.31. The Hall–Kier alpha value is -2.40. The number of rotatable bonds is 3. The van der Waals surface area contributed by atoms with Crippen LogP contribution in [-0.2, 0) is 6.42 Å². The first-order valence-corrected chi connectivity index (χ1v) is 8.44. The van der Waals surface area contributed by atoms with Crippen LogP contribution in [0.25, 0.3) is 5.65 Å². The number of likely N-dealkylation sites (tertiary alicyclic amines) is 1. The van der Waals surface area contributed by atoms with E-state index >= 15 is 0 Å². The summed E-state index contributed by atoms with van der Waals surface area (Å²) in [6.45, 7) is 0.786. The number of fused-ring (bicyclic) bond motifs is 1. The third-order valence-corrected chi connectivity index (χ3v) is 4.96. The minimum absolute atomic E-state index is 0.0557. The number of amides is 1. The maximum atomic E-state index is 12.9. The van der Waals surface area contributed by atoms with Crippen LogP contribution in [-0.4, -0.2) is 38.0 Å². The number of carbonyl (C=O) groups is 1. The van der Waals surface area contributed by atoms with Gasteiger partial charge in [-0.3, -0.25) is 9.20 Å². The van der Waals surface area contributed by atoms with E-state index in [1.165, 1.54) is 0 Å². The summed E-state index contributed by atoms with van der Waals surface area (Å²) in [5.41, 5.74) is 2.49. The SMILES string of the molecule is O=C(c1ccc2nncn2c1)N1CCC[C@@H]1Cc1ccccc1Cl. The fraction of sp³-hybridized carbons (Fsp3) is 0.278. The lowest BCUT2D eigenvalue weighted by Crippen LogP contribution is -2.37. The number of hydrogen-bond donors (Lipinski definition) is 0. The van der Waals surface area contributed by atoms with Gasteiger partial charge >= 0.3 is 0 Å². The van der Waals surface area contributed by atoms with E-state index in [0.29, 0.717) is 5.56 Å². The summed E-state index contributed by atoms with van der Waals surface area (Å²) < 4.78 is 1.77. The largest absolute Gasteiger partial charge is 0.335 e. The van der Waals surface area contributed by atoms with Gasteiger partial charge in [0.15, 0.2) is 5.65 Å². The lowest BCUT2D eigenvalue weighted by molar-refractivity contribution is 0.0736. The van der Waals surface area contributed by atoms with Crippen LogP contribution in [0.2, 0.25) is 5.02 Å². The Morgan fingerprint density at radius 2 is 2.12 bits per heavy atom. The predicted octanol–water partition coefficient (Wildman–Crippen LogP) is 3.23. The van der Waals surface area contributed by atoms with Crippen molar-refractivity contribution in [1.29, 1.82) is 0 Å². The van der Waals surface area contributed by atoms with Gasteiger partial charge in [-0.1, -0.05) is 29.8 Å². The molecule has 5 nitrogen and oxygen atoms in total. The summed E-state index contributed by atoms with van der Waals surface area (Å²) >= 11 is 6.28. The van der Waals surface area contributed by atoms with Gasteiger partial charge in [0.1, 0.15) is 6.33 Å². The third kappa shape index (κ3) is 2.76. The minimum atomic E-state index is 0.0557. The van der Waals surface area contributed by atoms with Crippen molar-refractivity contribution in [3.8, 4) is 0 Å². The Morgan fingerprint density at radius 3 is 3.00 bits per heavy atom. The quantitative estimate of drug-likeness (QED) is 0.735. The van der Waals surface area contributed by atoms with Gasteiger partial charge in [-0.15, -0.1) is 10.2 Å². The highest BCUT2D eigenvalue weighted by Gasteiger charge is 2.30. The molecule has 3 aromatic rings. The lowest BCUT2D eigenvalue weighted by Gasteiger charge is -2.25. The Morgan fingerprint density at radius 1 is 1.25 bits per heavy atom. The molecular formula is C18H17ClN4O. The molecule has 1 amide bonds. The molecule has 0 unspecified atom stereocenters. The van der Waals surface area contributed by atoms with E-state index in [-0.39, 0.29) is 11.9 Å². The van der Waals surface area contributed by atoms with Crippen molar-refractivity contribution in [2.75, 3.05) is 6.54 Å². The van der Waals surface area contributed by atoms with E-state index in [4.69, 9.17) is 11.6 Å². The molecule has 2 aromatic heterocycles. The first kappa shape index (κ1) is 15.1. The van der Waals surface area contributed by atoms with Crippen molar-refractivity contribution < 1.29 is 4.79 Å². The van der Waals surface area contributed by atoms with E-state index in [1.54, 1.807) is 16.9 Å². The zero-order chi connectivity index (χ0) is 16.5. The molecule has 1 saturated heterocycles. The van der Waals surface area contributed by atoms with Gasteiger partial charge in [0.2, 0.25) is 0 Å². The van der Waals surface area contributed by atoms with Crippen LogP contribution >= 0.6 is 11.6 Å². The average Bonchev–Trinajstić information content (AvgIpc) is 3.24. The van der Waals surface area contributed by atoms with Gasteiger partial charge in [-0.25, -0.2) is 0 Å². The first-order chi connectivity index (χ1) is 11.7. The monoisotopic (exact) mass is 340 g/mol. The molecule has 1 fully saturated rings. The van der Waals surface area contributed by atoms with Crippen LogP contribution in [0.5, 0.6) is 0 Å². The van der Waals surface area contributed by atoms with Gasteiger partial charge in [0.05, 0.1) is 5.56 Å². The molecule has 0 radical (unpaired) electrons. The van der Waals surface area contributed by atoms with E-state index in [2.05, 4.69) is 10.2 Å². The van der Waals surface area contributed by atoms with Crippen molar-refractivity contribution in [3.05, 3.63) is 65.1 Å². The van der Waals surface area contributed by atoms with E-state index < -0.39 is 0 Å². The molecule has 1 aliphatic rings. The lowest BCUT2D eigenvalue weighted by atomic mass is 10.0. The molecule has 1 aliphatic heterocycles. The Balaban J connectivity index is 1.57. The summed E-state index contributed by atoms with van der Waals surface area (Å²) in [4.78, 5) is 14.9. The number of aromatic nitrogens is 3. The highest BCUT2D eigenvalue weighted by atomic mass is 35.5. The molecule has 1 atom stereocenters. The molecule has 4 rings (SSSR count). The number of halogens is 1. The predicted molar refractivity (Wildman–Crippen MR) is 92.2 cm³/mol. The molecule has 3 heterocycles. The molecular weight excluding hydrogens is 324 g/mol. The second kappa shape index (κ2) is 6.24. The van der Waals surface area contributed by atoms with Crippen LogP contribution in [0, 0.1) is 0 Å². The van der Waals surface area contributed by atoms with Crippen molar-refractivity contribution >= 4 is 23.2 Å². The van der Waals surface area contributed by atoms with Crippen LogP contribution in [0.4, 0.5) is 0 Å². The van der Waals surface area contributed by atoms with Crippen LogP contribution < -0.4 is 0 Å². The van der Waals surface area contributed by atoms with Crippen molar-refractivity contribution in [2.24, 2.45) is 0 Å². The van der Waals surface area contributed by atoms with Crippen molar-refractivity contribution in [3.63, 3.8) is 0 Å². The normalized spacial score (nSPS) is 17.5. The molecule has 0 spiro atoms. The fourth-order valence-corrected chi connectivity index (χ4v) is 3.57. The summed E-state index contributed by atoms with van der Waals surface area (Å²) in [6, 6.07) is 11.7. The highest BCUT2D eigenvalue weighted by Crippen LogP contribution is 2.26. The standard InChI is InChI=1S/C18H17ClN4O/c19-16-6-2-1-4-13(16)10-15-5-3-9-23(15)18(24)14-7-8-17-21-20-12-22(17)11-14/h1-2,4,6-8,11-12,15H,3,5,9-10H2/t15-/m1/s1. The molecule has 1 aromatic carbocycles. The number of hydrogen-bond acceptors (Lipinski definition) is 3. The van der Waals surface area contributed by atoms with Gasteiger partial charge in [0, 0.05) is 23.8 Å². The molecule has 0 bridgehead atoms. The van der Waals surface area contributed by atoms with E-state index in [9.17, 15) is 4.79 Å². The van der Waals surface area contributed by atoms with Crippen LogP contribution in [0.3, 0.4) is 0 Å². The zero-order valence-electron chi connectivity index (χ0n) is 13.1. The second-order valence-electron chi connectivity index (χ2n) is 6.10. The second-order valence-corrected chi connectivity index (χ2v) is 6.51. The Labute approximate surface area is 144 Å². The summed E-state index contributed by atoms with van der Waals surface area (Å²) in [5, 5.41) is 8.59. The minimum Gasteiger partial charge on any atom is -0.335 e. The first-order valence-electron chi connectivity index (χ1n) is 8.06.